The van der Waals surface area contributed by atoms with E-state index in [1.807, 2.05) is 55.4 Å². The predicted molar refractivity (Wildman–Crippen MR) is 161 cm³/mol. The van der Waals surface area contributed by atoms with Crippen LogP contribution in [-0.2, 0) is 19.0 Å². The SMILES string of the molecule is CC(C)(C)OC(=O)N1C[C@H](O)C[C@@H]1C(=O)O.C[C@H]1C[C@@H](O)CN1C(=O)OC(C)(C)C.C[C@H]1C[C@H](O)CN1C(=O)OC(C)(C)C. The Hall–Kier alpha value is -2.84. The van der Waals surface area contributed by atoms with Gasteiger partial charge in [0.15, 0.2) is 0 Å². The van der Waals surface area contributed by atoms with Crippen LogP contribution in [0.4, 0.5) is 14.4 Å². The molecule has 3 heterocycles. The minimum absolute atomic E-state index is 0.00583. The van der Waals surface area contributed by atoms with E-state index >= 15 is 0 Å². The van der Waals surface area contributed by atoms with Gasteiger partial charge in [-0.2, -0.15) is 0 Å². The van der Waals surface area contributed by atoms with Gasteiger partial charge in [0.2, 0.25) is 0 Å². The number of likely N-dealkylation sites (tertiary alicyclic amines) is 3. The van der Waals surface area contributed by atoms with Crippen molar-refractivity contribution in [3.8, 4) is 0 Å². The Labute approximate surface area is 261 Å². The highest BCUT2D eigenvalue weighted by molar-refractivity contribution is 5.81. The van der Waals surface area contributed by atoms with Crippen LogP contribution in [0.2, 0.25) is 0 Å². The number of aliphatic hydroxyl groups is 3. The molecule has 14 heteroatoms. The lowest BCUT2D eigenvalue weighted by atomic mass is 10.2. The number of carboxylic acids is 1. The number of nitrogens with zero attached hydrogens (tertiary/aromatic N) is 3. The Kier molecular flexibility index (Phi) is 13.7. The molecule has 6 atom stereocenters. The molecule has 0 aromatic carbocycles. The molecule has 0 unspecified atom stereocenters. The zero-order valence-electron chi connectivity index (χ0n) is 28.2. The lowest BCUT2D eigenvalue weighted by Crippen LogP contribution is -2.43. The number of β-amino-alcohol motifs (C(OH)–C–C–N with tert-alkyl or cyclic N) is 3. The van der Waals surface area contributed by atoms with E-state index in [1.54, 1.807) is 30.6 Å². The van der Waals surface area contributed by atoms with Crippen LogP contribution in [-0.4, -0.2) is 132 Å². The summed E-state index contributed by atoms with van der Waals surface area (Å²) in [6, 6.07) is -0.857. The summed E-state index contributed by atoms with van der Waals surface area (Å²) in [6.45, 7) is 20.7. The molecule has 0 bridgehead atoms. The summed E-state index contributed by atoms with van der Waals surface area (Å²) in [5.74, 6) is -1.12. The van der Waals surface area contributed by atoms with Gasteiger partial charge in [0, 0.05) is 18.5 Å². The van der Waals surface area contributed by atoms with Gasteiger partial charge in [-0.05, 0) is 89.0 Å². The van der Waals surface area contributed by atoms with Crippen molar-refractivity contribution in [2.45, 2.75) is 149 Å². The lowest BCUT2D eigenvalue weighted by molar-refractivity contribution is -0.142. The molecule has 4 N–H and O–H groups in total. The molecule has 0 aliphatic carbocycles. The van der Waals surface area contributed by atoms with E-state index < -0.39 is 53.2 Å². The number of hydrogen-bond acceptors (Lipinski definition) is 10. The molecule has 3 aliphatic heterocycles. The summed E-state index contributed by atoms with van der Waals surface area (Å²) in [4.78, 5) is 49.9. The maximum Gasteiger partial charge on any atom is 0.411 e. The van der Waals surface area contributed by atoms with Crippen molar-refractivity contribution in [3.63, 3.8) is 0 Å². The molecular formula is C30H55N3O11. The van der Waals surface area contributed by atoms with Gasteiger partial charge in [0.05, 0.1) is 37.9 Å². The summed E-state index contributed by atoms with van der Waals surface area (Å²) in [5.41, 5.74) is -1.61. The van der Waals surface area contributed by atoms with Gasteiger partial charge in [0.1, 0.15) is 22.8 Å². The molecule has 256 valence electrons. The van der Waals surface area contributed by atoms with E-state index in [9.17, 15) is 34.5 Å². The summed E-state index contributed by atoms with van der Waals surface area (Å²) in [5, 5.41) is 37.0. The van der Waals surface area contributed by atoms with Crippen LogP contribution in [0.15, 0.2) is 0 Å². The topological polar surface area (TPSA) is 187 Å². The average molecular weight is 634 g/mol. The van der Waals surface area contributed by atoms with Crippen LogP contribution in [0.1, 0.15) is 95.4 Å². The highest BCUT2D eigenvalue weighted by Crippen LogP contribution is 2.23. The van der Waals surface area contributed by atoms with Crippen molar-refractivity contribution in [2.24, 2.45) is 0 Å². The first-order valence-corrected chi connectivity index (χ1v) is 15.1. The van der Waals surface area contributed by atoms with Crippen molar-refractivity contribution >= 4 is 24.2 Å². The van der Waals surface area contributed by atoms with Crippen molar-refractivity contribution in [1.82, 2.24) is 14.7 Å². The Morgan fingerprint density at radius 1 is 0.545 bits per heavy atom. The van der Waals surface area contributed by atoms with Gasteiger partial charge in [0.25, 0.3) is 0 Å². The normalized spacial score (nSPS) is 27.1. The molecule has 0 aromatic rings. The molecule has 0 radical (unpaired) electrons. The molecule has 3 fully saturated rings. The first-order chi connectivity index (χ1) is 19.8. The number of rotatable bonds is 1. The summed E-state index contributed by atoms with van der Waals surface area (Å²) < 4.78 is 15.5. The zero-order valence-corrected chi connectivity index (χ0v) is 28.2. The second kappa shape index (κ2) is 15.4. The highest BCUT2D eigenvalue weighted by Gasteiger charge is 2.41. The quantitative estimate of drug-likeness (QED) is 0.311. The number of carbonyl (C=O) groups is 4. The minimum Gasteiger partial charge on any atom is -0.480 e. The first-order valence-electron chi connectivity index (χ1n) is 15.1. The summed E-state index contributed by atoms with van der Waals surface area (Å²) >= 11 is 0. The van der Waals surface area contributed by atoms with Gasteiger partial charge < -0.3 is 44.4 Å². The van der Waals surface area contributed by atoms with Crippen molar-refractivity contribution in [1.29, 1.82) is 0 Å². The Balaban J connectivity index is 0.000000331. The second-order valence-corrected chi connectivity index (χ2v) is 14.6. The molecule has 14 nitrogen and oxygen atoms in total. The van der Waals surface area contributed by atoms with E-state index in [2.05, 4.69) is 0 Å². The monoisotopic (exact) mass is 633 g/mol. The van der Waals surface area contributed by atoms with Crippen LogP contribution >= 0.6 is 0 Å². The molecule has 0 saturated carbocycles. The average Bonchev–Trinajstić information content (AvgIpc) is 3.46. The smallest absolute Gasteiger partial charge is 0.411 e. The fourth-order valence-electron chi connectivity index (χ4n) is 4.73. The van der Waals surface area contributed by atoms with Gasteiger partial charge >= 0.3 is 24.2 Å². The maximum absolute atomic E-state index is 11.7. The second-order valence-electron chi connectivity index (χ2n) is 14.6. The third kappa shape index (κ3) is 13.9. The largest absolute Gasteiger partial charge is 0.480 e. The number of carbonyl (C=O) groups excluding carboxylic acids is 3. The van der Waals surface area contributed by atoms with Gasteiger partial charge in [-0.15, -0.1) is 0 Å². The predicted octanol–water partition coefficient (Wildman–Crippen LogP) is 3.19. The first kappa shape index (κ1) is 39.2. The zero-order chi connectivity index (χ0) is 34.4. The van der Waals surface area contributed by atoms with E-state index in [4.69, 9.17) is 19.3 Å². The van der Waals surface area contributed by atoms with E-state index in [0.29, 0.717) is 25.9 Å². The highest BCUT2D eigenvalue weighted by atomic mass is 16.6. The molecule has 0 spiro atoms. The van der Waals surface area contributed by atoms with Crippen molar-refractivity contribution in [3.05, 3.63) is 0 Å². The molecule has 0 aromatic heterocycles. The molecule has 44 heavy (non-hydrogen) atoms. The third-order valence-electron chi connectivity index (χ3n) is 6.55. The van der Waals surface area contributed by atoms with E-state index in [0.717, 1.165) is 4.90 Å². The van der Waals surface area contributed by atoms with E-state index in [1.165, 1.54) is 0 Å². The number of hydrogen-bond donors (Lipinski definition) is 4. The van der Waals surface area contributed by atoms with Crippen LogP contribution in [0.25, 0.3) is 0 Å². The van der Waals surface area contributed by atoms with Crippen molar-refractivity contribution < 1.29 is 53.8 Å². The Bertz CT molecular complexity index is 938. The van der Waals surface area contributed by atoms with Crippen LogP contribution in [0.3, 0.4) is 0 Å². The molecule has 3 aliphatic rings. The molecule has 3 amide bonds. The maximum atomic E-state index is 11.7. The summed E-state index contributed by atoms with van der Waals surface area (Å²) in [7, 11) is 0. The van der Waals surface area contributed by atoms with Crippen LogP contribution in [0.5, 0.6) is 0 Å². The standard InChI is InChI=1S/C10H17NO5.2C10H19NO3/c1-10(2,3)16-9(15)11-5-6(12)4-7(11)8(13)14;2*1-7-5-8(12)6-11(7)9(13)14-10(2,3)4/h6-7,12H,4-5H2,1-3H3,(H,13,14);2*7-8,12H,5-6H2,1-4H3/t6-,7-;7-,8+;7-,8-/m100/s1. The number of carboxylic acid groups (broad SMARTS) is 1. The molecule has 3 saturated heterocycles. The fourth-order valence-corrected chi connectivity index (χ4v) is 4.73. The molecular weight excluding hydrogens is 578 g/mol. The summed E-state index contributed by atoms with van der Waals surface area (Å²) in [6.07, 6.45) is -1.64. The Morgan fingerprint density at radius 3 is 1.07 bits per heavy atom. The van der Waals surface area contributed by atoms with Gasteiger partial charge in [-0.3, -0.25) is 4.90 Å². The molecule has 3 rings (SSSR count). The number of ether oxygens (including phenoxy) is 3. The van der Waals surface area contributed by atoms with Crippen LogP contribution < -0.4 is 0 Å². The van der Waals surface area contributed by atoms with E-state index in [-0.39, 0.29) is 37.2 Å². The number of amides is 3. The third-order valence-corrected chi connectivity index (χ3v) is 6.55. The lowest BCUT2D eigenvalue weighted by Gasteiger charge is -2.26. The van der Waals surface area contributed by atoms with Crippen molar-refractivity contribution in [2.75, 3.05) is 19.6 Å². The number of aliphatic carboxylic acids is 1. The van der Waals surface area contributed by atoms with Gasteiger partial charge in [-0.1, -0.05) is 0 Å². The minimum atomic E-state index is -1.12. The fraction of sp³-hybridized carbons (Fsp3) is 0.867. The van der Waals surface area contributed by atoms with Crippen LogP contribution in [0, 0.1) is 0 Å². The number of aliphatic hydroxyl groups excluding tert-OH is 3. The Morgan fingerprint density at radius 2 is 0.818 bits per heavy atom. The van der Waals surface area contributed by atoms with Gasteiger partial charge in [-0.25, -0.2) is 19.2 Å².